The van der Waals surface area contributed by atoms with Gasteiger partial charge in [0.05, 0.1) is 16.8 Å². The van der Waals surface area contributed by atoms with Crippen molar-refractivity contribution in [2.75, 3.05) is 0 Å². The maximum absolute atomic E-state index is 14.7. The van der Waals surface area contributed by atoms with Crippen molar-refractivity contribution in [2.45, 2.75) is 30.6 Å². The molecule has 2 aromatic rings. The molecule has 0 radical (unpaired) electrons. The van der Waals surface area contributed by atoms with Crippen LogP contribution in [0.3, 0.4) is 0 Å². The molecule has 1 fully saturated rings. The van der Waals surface area contributed by atoms with Crippen LogP contribution in [0.5, 0.6) is 0 Å². The van der Waals surface area contributed by atoms with E-state index in [2.05, 4.69) is 16.9 Å². The van der Waals surface area contributed by atoms with E-state index in [-0.39, 0.29) is 22.2 Å². The molecule has 0 bridgehead atoms. The molecule has 1 aromatic heterocycles. The number of fused-ring (bicyclic) bond motifs is 1. The second-order valence-corrected chi connectivity index (χ2v) is 9.10. The van der Waals surface area contributed by atoms with Crippen molar-refractivity contribution in [3.8, 4) is 6.07 Å². The zero-order valence-electron chi connectivity index (χ0n) is 15.4. The molecular weight excluding hydrogens is 378 g/mol. The van der Waals surface area contributed by atoms with Crippen LogP contribution in [-0.2, 0) is 5.54 Å². The second kappa shape index (κ2) is 6.42. The lowest BCUT2D eigenvalue weighted by Gasteiger charge is -2.33. The average Bonchev–Trinajstić information content (AvgIpc) is 3.35. The minimum absolute atomic E-state index is 0.0312. The molecule has 1 aliphatic heterocycles. The fourth-order valence-corrected chi connectivity index (χ4v) is 5.25. The van der Waals surface area contributed by atoms with Crippen molar-refractivity contribution >= 4 is 28.8 Å². The normalized spacial score (nSPS) is 28.9. The maximum atomic E-state index is 14.7. The van der Waals surface area contributed by atoms with Crippen LogP contribution in [0.25, 0.3) is 11.9 Å². The Morgan fingerprint density at radius 2 is 2.14 bits per heavy atom. The topological polar surface area (TPSA) is 75.1 Å². The Kier molecular flexibility index (Phi) is 4.27. The van der Waals surface area contributed by atoms with Gasteiger partial charge in [0.25, 0.3) is 0 Å². The standard InChI is InChI=1S/C21H18F2N4S/c1-20-9-18(20)21(2,27-19(25)28-20)14-7-12(3-5-15(14)22)8-16(23)17-6-4-13(10-24)11-26-17/h3-8,11,18H,9H2,1-2H3,(H2,25,27)/b16-8-/t18-,20+,21-/m1/s1. The zero-order chi connectivity index (χ0) is 20.1. The van der Waals surface area contributed by atoms with E-state index in [9.17, 15) is 8.78 Å². The molecule has 0 amide bonds. The number of pyridine rings is 1. The van der Waals surface area contributed by atoms with Crippen LogP contribution in [0, 0.1) is 23.1 Å². The molecule has 1 aliphatic carbocycles. The molecule has 4 rings (SSSR count). The van der Waals surface area contributed by atoms with E-state index in [1.54, 1.807) is 6.07 Å². The summed E-state index contributed by atoms with van der Waals surface area (Å²) in [5.74, 6) is -0.768. The van der Waals surface area contributed by atoms with Crippen molar-refractivity contribution in [3.05, 3.63) is 64.7 Å². The third-order valence-corrected chi connectivity index (χ3v) is 6.73. The summed E-state index contributed by atoms with van der Waals surface area (Å²) in [6, 6.07) is 9.36. The molecular formula is C21H18F2N4S. The molecule has 3 atom stereocenters. The van der Waals surface area contributed by atoms with Gasteiger partial charge in [-0.05, 0) is 56.2 Å². The van der Waals surface area contributed by atoms with Gasteiger partial charge in [-0.3, -0.25) is 9.98 Å². The Hall–Kier alpha value is -2.72. The van der Waals surface area contributed by atoms with Gasteiger partial charge in [0.1, 0.15) is 17.7 Å². The number of rotatable bonds is 3. The predicted octanol–water partition coefficient (Wildman–Crippen LogP) is 4.62. The quantitative estimate of drug-likeness (QED) is 0.822. The maximum Gasteiger partial charge on any atom is 0.155 e. The summed E-state index contributed by atoms with van der Waals surface area (Å²) in [7, 11) is 0. The molecule has 2 heterocycles. The third-order valence-electron chi connectivity index (χ3n) is 5.51. The van der Waals surface area contributed by atoms with Crippen molar-refractivity contribution in [1.82, 2.24) is 4.98 Å². The summed E-state index contributed by atoms with van der Waals surface area (Å²) >= 11 is 1.54. The van der Waals surface area contributed by atoms with Crippen LogP contribution in [0.1, 0.15) is 42.7 Å². The Morgan fingerprint density at radius 3 is 2.82 bits per heavy atom. The first-order valence-electron chi connectivity index (χ1n) is 8.83. The molecule has 0 saturated heterocycles. The fourth-order valence-electron chi connectivity index (χ4n) is 3.91. The SMILES string of the molecule is C[C@]12C[C@H]1[C@@](C)(c1cc(/C=C(\F)c3ccc(C#N)cn3)ccc1F)N=C(N)S2. The number of hydrogen-bond acceptors (Lipinski definition) is 5. The highest BCUT2D eigenvalue weighted by molar-refractivity contribution is 8.15. The summed E-state index contributed by atoms with van der Waals surface area (Å²) in [6.45, 7) is 4.00. The first-order valence-corrected chi connectivity index (χ1v) is 9.65. The van der Waals surface area contributed by atoms with Crippen molar-refractivity contribution in [2.24, 2.45) is 16.6 Å². The van der Waals surface area contributed by atoms with Crippen molar-refractivity contribution in [3.63, 3.8) is 0 Å². The van der Waals surface area contributed by atoms with Crippen molar-refractivity contribution < 1.29 is 8.78 Å². The number of aromatic nitrogens is 1. The summed E-state index contributed by atoms with van der Waals surface area (Å²) < 4.78 is 29.3. The number of hydrogen-bond donors (Lipinski definition) is 1. The number of nitriles is 1. The molecule has 0 spiro atoms. The Bertz CT molecular complexity index is 1060. The number of nitrogens with zero attached hydrogens (tertiary/aromatic N) is 3. The summed E-state index contributed by atoms with van der Waals surface area (Å²) in [4.78, 5) is 8.52. The molecule has 2 aliphatic rings. The van der Waals surface area contributed by atoms with E-state index >= 15 is 0 Å². The van der Waals surface area contributed by atoms with Gasteiger partial charge in [-0.25, -0.2) is 8.78 Å². The lowest BCUT2D eigenvalue weighted by molar-refractivity contribution is 0.395. The fraction of sp³-hybridized carbons (Fsp3) is 0.286. The minimum Gasteiger partial charge on any atom is -0.378 e. The number of aliphatic imine (C=N–C) groups is 1. The van der Waals surface area contributed by atoms with Crippen LogP contribution < -0.4 is 5.73 Å². The highest BCUT2D eigenvalue weighted by atomic mass is 32.2. The molecule has 28 heavy (non-hydrogen) atoms. The zero-order valence-corrected chi connectivity index (χ0v) is 16.2. The van der Waals surface area contributed by atoms with Crippen LogP contribution in [-0.4, -0.2) is 14.9 Å². The molecule has 7 heteroatoms. The van der Waals surface area contributed by atoms with Crippen LogP contribution in [0.2, 0.25) is 0 Å². The Morgan fingerprint density at radius 1 is 1.36 bits per heavy atom. The van der Waals surface area contributed by atoms with Gasteiger partial charge in [0.15, 0.2) is 5.17 Å². The summed E-state index contributed by atoms with van der Waals surface area (Å²) in [5, 5.41) is 9.26. The Labute approximate surface area is 166 Å². The first-order chi connectivity index (χ1) is 13.2. The molecule has 2 N–H and O–H groups in total. The van der Waals surface area contributed by atoms with Crippen LogP contribution in [0.15, 0.2) is 41.5 Å². The second-order valence-electron chi connectivity index (χ2n) is 7.54. The number of thioether (sulfide) groups is 1. The van der Waals surface area contributed by atoms with E-state index in [0.717, 1.165) is 6.42 Å². The monoisotopic (exact) mass is 396 g/mol. The molecule has 1 saturated carbocycles. The van der Waals surface area contributed by atoms with E-state index in [4.69, 9.17) is 11.0 Å². The van der Waals surface area contributed by atoms with Gasteiger partial charge < -0.3 is 5.73 Å². The van der Waals surface area contributed by atoms with Gasteiger partial charge in [-0.2, -0.15) is 5.26 Å². The number of amidine groups is 1. The van der Waals surface area contributed by atoms with Gasteiger partial charge >= 0.3 is 0 Å². The molecule has 142 valence electrons. The summed E-state index contributed by atoms with van der Waals surface area (Å²) in [5.41, 5.74) is 6.62. The first kappa shape index (κ1) is 18.6. The van der Waals surface area contributed by atoms with E-state index in [0.29, 0.717) is 21.9 Å². The lowest BCUT2D eigenvalue weighted by atomic mass is 9.85. The third kappa shape index (κ3) is 3.08. The highest BCUT2D eigenvalue weighted by Crippen LogP contribution is 2.65. The van der Waals surface area contributed by atoms with E-state index < -0.39 is 11.4 Å². The van der Waals surface area contributed by atoms with Crippen molar-refractivity contribution in [1.29, 1.82) is 5.26 Å². The summed E-state index contributed by atoms with van der Waals surface area (Å²) in [6.07, 6.45) is 3.52. The minimum atomic E-state index is -0.777. The highest BCUT2D eigenvalue weighted by Gasteiger charge is 2.63. The van der Waals surface area contributed by atoms with Gasteiger partial charge in [0.2, 0.25) is 0 Å². The van der Waals surface area contributed by atoms with Gasteiger partial charge in [0, 0.05) is 22.4 Å². The van der Waals surface area contributed by atoms with Gasteiger partial charge in [-0.1, -0.05) is 17.8 Å². The Balaban J connectivity index is 1.72. The largest absolute Gasteiger partial charge is 0.378 e. The van der Waals surface area contributed by atoms with E-state index in [1.165, 1.54) is 48.3 Å². The number of benzene rings is 1. The molecule has 1 aromatic carbocycles. The smallest absolute Gasteiger partial charge is 0.155 e. The number of nitrogens with two attached hydrogens (primary N) is 1. The van der Waals surface area contributed by atoms with E-state index in [1.807, 2.05) is 13.0 Å². The molecule has 0 unspecified atom stereocenters. The average molecular weight is 396 g/mol. The number of halogens is 2. The van der Waals surface area contributed by atoms with Crippen LogP contribution >= 0.6 is 11.8 Å². The van der Waals surface area contributed by atoms with Crippen LogP contribution in [0.4, 0.5) is 8.78 Å². The van der Waals surface area contributed by atoms with Gasteiger partial charge in [-0.15, -0.1) is 0 Å². The predicted molar refractivity (Wildman–Crippen MR) is 107 cm³/mol. The lowest BCUT2D eigenvalue weighted by Crippen LogP contribution is -2.34. The molecule has 4 nitrogen and oxygen atoms in total.